The van der Waals surface area contributed by atoms with Gasteiger partial charge in [0.15, 0.2) is 0 Å². The normalized spacial score (nSPS) is 11.7. The van der Waals surface area contributed by atoms with Gasteiger partial charge in [-0.1, -0.05) is 86.6 Å². The Balaban J connectivity index is 1.39. The molecule has 4 N–H and O–H groups in total. The van der Waals surface area contributed by atoms with E-state index in [0.717, 1.165) is 11.1 Å². The summed E-state index contributed by atoms with van der Waals surface area (Å²) < 4.78 is 15.6. The van der Waals surface area contributed by atoms with Crippen LogP contribution in [0.2, 0.25) is 0 Å². The zero-order chi connectivity index (χ0) is 34.7. The topological polar surface area (TPSA) is 175 Å². The van der Waals surface area contributed by atoms with Gasteiger partial charge in [-0.05, 0) is 42.0 Å². The second kappa shape index (κ2) is 19.9. The Morgan fingerprint density at radius 2 is 1.33 bits per heavy atom. The van der Waals surface area contributed by atoms with Crippen molar-refractivity contribution in [2.45, 2.75) is 58.8 Å². The Morgan fingerprint density at radius 3 is 1.94 bits per heavy atom. The smallest absolute Gasteiger partial charge is 0.435 e. The van der Waals surface area contributed by atoms with E-state index in [1.807, 2.05) is 74.5 Å². The van der Waals surface area contributed by atoms with Crippen molar-refractivity contribution in [3.63, 3.8) is 0 Å². The first-order valence-electron chi connectivity index (χ1n) is 15.7. The standard InChI is InChI=1S/C36H42N4O8/c1-25(2)22-47-35(44)30(21-32(42)46-23-26-11-5-3-6-12-26)39-31(41)15-9-10-20-38-34(43)29-18-16-28(17-19-29)33(37)40-36(45)48-24-27-13-7-4-8-14-27/h3-8,11-14,16-19,25,30H,9-10,15,20-24H2,1-2H3,(H,38,43)(H,39,41)(H2,37,40,45)/t30-/m0/s1. The van der Waals surface area contributed by atoms with Crippen molar-refractivity contribution < 1.29 is 38.2 Å². The van der Waals surface area contributed by atoms with Crippen LogP contribution >= 0.6 is 0 Å². The number of nitrogens with two attached hydrogens (primary N) is 1. The van der Waals surface area contributed by atoms with Crippen LogP contribution in [0.3, 0.4) is 0 Å². The van der Waals surface area contributed by atoms with Gasteiger partial charge >= 0.3 is 18.0 Å². The third-order valence-electron chi connectivity index (χ3n) is 6.77. The Morgan fingerprint density at radius 1 is 0.750 bits per heavy atom. The average Bonchev–Trinajstić information content (AvgIpc) is 3.09. The van der Waals surface area contributed by atoms with E-state index >= 15 is 0 Å². The number of hydrogen-bond acceptors (Lipinski definition) is 8. The SMILES string of the molecule is CC(C)COC(=O)[C@H](CC(=O)OCc1ccccc1)NC(=O)CCCCNC(=O)c1ccc(C(N)=NC(=O)OCc2ccccc2)cc1. The highest BCUT2D eigenvalue weighted by Gasteiger charge is 2.26. The molecule has 0 bridgehead atoms. The first kappa shape index (κ1) is 36.9. The fourth-order valence-corrected chi connectivity index (χ4v) is 4.19. The lowest BCUT2D eigenvalue weighted by molar-refractivity contribution is -0.155. The third-order valence-corrected chi connectivity index (χ3v) is 6.77. The van der Waals surface area contributed by atoms with Crippen LogP contribution in [0, 0.1) is 5.92 Å². The van der Waals surface area contributed by atoms with E-state index in [0.29, 0.717) is 30.5 Å². The largest absolute Gasteiger partial charge is 0.464 e. The van der Waals surface area contributed by atoms with E-state index in [2.05, 4.69) is 15.6 Å². The lowest BCUT2D eigenvalue weighted by atomic mass is 10.1. The van der Waals surface area contributed by atoms with E-state index in [1.54, 1.807) is 24.3 Å². The number of hydrogen-bond donors (Lipinski definition) is 3. The van der Waals surface area contributed by atoms with Gasteiger partial charge in [-0.3, -0.25) is 14.4 Å². The number of aliphatic imine (C=N–C) groups is 1. The van der Waals surface area contributed by atoms with E-state index in [9.17, 15) is 24.0 Å². The predicted octanol–water partition coefficient (Wildman–Crippen LogP) is 4.45. The molecule has 3 aromatic carbocycles. The van der Waals surface area contributed by atoms with E-state index in [1.165, 1.54) is 0 Å². The maximum Gasteiger partial charge on any atom is 0.435 e. The molecule has 12 nitrogen and oxygen atoms in total. The number of carbonyl (C=O) groups is 5. The number of ether oxygens (including phenoxy) is 3. The molecule has 0 aliphatic carbocycles. The summed E-state index contributed by atoms with van der Waals surface area (Å²) in [4.78, 5) is 66.0. The molecule has 0 heterocycles. The average molecular weight is 659 g/mol. The van der Waals surface area contributed by atoms with Gasteiger partial charge in [0.05, 0.1) is 13.0 Å². The molecule has 12 heteroatoms. The Hall–Kier alpha value is -5.52. The van der Waals surface area contributed by atoms with Gasteiger partial charge in [0.25, 0.3) is 5.91 Å². The number of amidine groups is 1. The molecule has 0 aliphatic heterocycles. The number of unbranched alkanes of at least 4 members (excludes halogenated alkanes) is 1. The molecule has 0 aliphatic rings. The number of nitrogens with one attached hydrogen (secondary N) is 2. The van der Waals surface area contributed by atoms with E-state index in [-0.39, 0.29) is 50.3 Å². The summed E-state index contributed by atoms with van der Waals surface area (Å²) in [6.45, 7) is 4.32. The fraction of sp³-hybridized carbons (Fsp3) is 0.333. The van der Waals surface area contributed by atoms with Crippen LogP contribution in [0.25, 0.3) is 0 Å². The summed E-state index contributed by atoms with van der Waals surface area (Å²) in [5, 5.41) is 5.37. The molecule has 0 fully saturated rings. The van der Waals surface area contributed by atoms with Crippen molar-refractivity contribution in [3.8, 4) is 0 Å². The highest BCUT2D eigenvalue weighted by molar-refractivity contribution is 6.03. The van der Waals surface area contributed by atoms with Gasteiger partial charge < -0.3 is 30.6 Å². The lowest BCUT2D eigenvalue weighted by Gasteiger charge is -2.18. The summed E-state index contributed by atoms with van der Waals surface area (Å²) in [5.41, 5.74) is 8.37. The zero-order valence-corrected chi connectivity index (χ0v) is 27.2. The van der Waals surface area contributed by atoms with Crippen molar-refractivity contribution in [2.24, 2.45) is 16.6 Å². The number of benzene rings is 3. The van der Waals surface area contributed by atoms with Crippen molar-refractivity contribution in [1.82, 2.24) is 10.6 Å². The van der Waals surface area contributed by atoms with Gasteiger partial charge in [-0.2, -0.15) is 4.99 Å². The molecule has 0 unspecified atom stereocenters. The number of carbonyl (C=O) groups excluding carboxylic acids is 5. The molecule has 0 radical (unpaired) electrons. The molecule has 0 aromatic heterocycles. The van der Waals surface area contributed by atoms with Crippen molar-refractivity contribution in [2.75, 3.05) is 13.2 Å². The zero-order valence-electron chi connectivity index (χ0n) is 27.2. The van der Waals surface area contributed by atoms with E-state index < -0.39 is 30.0 Å². The van der Waals surface area contributed by atoms with Crippen LogP contribution in [-0.2, 0) is 41.8 Å². The van der Waals surface area contributed by atoms with Gasteiger partial charge in [0.1, 0.15) is 25.1 Å². The number of amides is 3. The van der Waals surface area contributed by atoms with Gasteiger partial charge in [0, 0.05) is 24.1 Å². The lowest BCUT2D eigenvalue weighted by Crippen LogP contribution is -2.43. The highest BCUT2D eigenvalue weighted by atomic mass is 16.5. The quantitative estimate of drug-likeness (QED) is 0.0622. The molecular weight excluding hydrogens is 616 g/mol. The number of nitrogens with zero attached hydrogens (tertiary/aromatic N) is 1. The second-order valence-electron chi connectivity index (χ2n) is 11.3. The maximum absolute atomic E-state index is 12.6. The van der Waals surface area contributed by atoms with Crippen molar-refractivity contribution in [1.29, 1.82) is 0 Å². The van der Waals surface area contributed by atoms with Crippen molar-refractivity contribution in [3.05, 3.63) is 107 Å². The molecule has 0 spiro atoms. The molecule has 48 heavy (non-hydrogen) atoms. The monoisotopic (exact) mass is 658 g/mol. The van der Waals surface area contributed by atoms with Crippen LogP contribution in [0.1, 0.15) is 66.6 Å². The molecule has 1 atom stereocenters. The van der Waals surface area contributed by atoms with Crippen molar-refractivity contribution >= 4 is 35.7 Å². The van der Waals surface area contributed by atoms with E-state index in [4.69, 9.17) is 19.9 Å². The number of esters is 2. The van der Waals surface area contributed by atoms with Crippen LogP contribution < -0.4 is 16.4 Å². The van der Waals surface area contributed by atoms with Gasteiger partial charge in [-0.25, -0.2) is 9.59 Å². The Bertz CT molecular complexity index is 1530. The minimum Gasteiger partial charge on any atom is -0.464 e. The molecule has 3 rings (SSSR count). The molecule has 254 valence electrons. The van der Waals surface area contributed by atoms with Crippen LogP contribution in [0.4, 0.5) is 4.79 Å². The summed E-state index contributed by atoms with van der Waals surface area (Å²) in [6.07, 6.45) is -0.201. The Labute approximate surface area is 280 Å². The first-order chi connectivity index (χ1) is 23.1. The molecule has 0 saturated carbocycles. The molecule has 3 aromatic rings. The molecule has 3 amide bonds. The number of rotatable bonds is 17. The van der Waals surface area contributed by atoms with Gasteiger partial charge in [0.2, 0.25) is 5.91 Å². The van der Waals surface area contributed by atoms with Gasteiger partial charge in [-0.15, -0.1) is 0 Å². The van der Waals surface area contributed by atoms with Crippen LogP contribution in [0.15, 0.2) is 89.9 Å². The highest BCUT2D eigenvalue weighted by Crippen LogP contribution is 2.09. The minimum atomic E-state index is -1.18. The summed E-state index contributed by atoms with van der Waals surface area (Å²) in [5.74, 6) is -2.07. The maximum atomic E-state index is 12.6. The predicted molar refractivity (Wildman–Crippen MR) is 179 cm³/mol. The second-order valence-corrected chi connectivity index (χ2v) is 11.3. The summed E-state index contributed by atoms with van der Waals surface area (Å²) >= 11 is 0. The van der Waals surface area contributed by atoms with Crippen LogP contribution in [-0.4, -0.2) is 54.9 Å². The summed E-state index contributed by atoms with van der Waals surface area (Å²) in [7, 11) is 0. The molecule has 0 saturated heterocycles. The summed E-state index contributed by atoms with van der Waals surface area (Å²) in [6, 6.07) is 23.4. The Kier molecular flexibility index (Phi) is 15.3. The molecular formula is C36H42N4O8. The third kappa shape index (κ3) is 13.9. The fourth-order valence-electron chi connectivity index (χ4n) is 4.19. The first-order valence-corrected chi connectivity index (χ1v) is 15.7. The van der Waals surface area contributed by atoms with Crippen LogP contribution in [0.5, 0.6) is 0 Å². The minimum absolute atomic E-state index is 0.0437.